The minimum atomic E-state index is -0.508. The highest BCUT2D eigenvalue weighted by atomic mass is 35.5. The van der Waals surface area contributed by atoms with E-state index in [2.05, 4.69) is 4.99 Å². The van der Waals surface area contributed by atoms with Gasteiger partial charge >= 0.3 is 5.97 Å². The lowest BCUT2D eigenvalue weighted by Gasteiger charge is -2.05. The molecule has 0 aliphatic heterocycles. The summed E-state index contributed by atoms with van der Waals surface area (Å²) in [6, 6.07) is 12.7. The van der Waals surface area contributed by atoms with Crippen molar-refractivity contribution in [3.8, 4) is 5.75 Å². The van der Waals surface area contributed by atoms with Crippen LogP contribution in [0.3, 0.4) is 0 Å². The Balaban J connectivity index is 0.00000264. The van der Waals surface area contributed by atoms with Crippen LogP contribution in [0.25, 0.3) is 0 Å². The van der Waals surface area contributed by atoms with E-state index < -0.39 is 5.97 Å². The highest BCUT2D eigenvalue weighted by Gasteiger charge is 2.09. The quantitative estimate of drug-likeness (QED) is 0.294. The van der Waals surface area contributed by atoms with E-state index in [9.17, 15) is 9.59 Å². The fraction of sp³-hybridized carbons (Fsp3) is 0.0625. The van der Waals surface area contributed by atoms with E-state index in [4.69, 9.17) is 16.2 Å². The predicted octanol–water partition coefficient (Wildman–Crippen LogP) is 2.44. The van der Waals surface area contributed by atoms with Gasteiger partial charge in [0.15, 0.2) is 11.7 Å². The topological polar surface area (TPSA) is 108 Å². The molecule has 7 heteroatoms. The van der Waals surface area contributed by atoms with Crippen molar-refractivity contribution in [2.24, 2.45) is 16.5 Å². The van der Waals surface area contributed by atoms with Crippen LogP contribution in [0.5, 0.6) is 5.75 Å². The minimum Gasteiger partial charge on any atom is -0.423 e. The summed E-state index contributed by atoms with van der Waals surface area (Å²) in [6.07, 6.45) is 0. The van der Waals surface area contributed by atoms with Gasteiger partial charge in [-0.1, -0.05) is 0 Å². The first-order valence-corrected chi connectivity index (χ1v) is 6.48. The number of hydrogen-bond donors (Lipinski definition) is 2. The first-order chi connectivity index (χ1) is 10.5. The van der Waals surface area contributed by atoms with Gasteiger partial charge in [0.1, 0.15) is 5.75 Å². The Labute approximate surface area is 139 Å². The number of guanidine groups is 1. The molecule has 0 spiro atoms. The smallest absolute Gasteiger partial charge is 0.343 e. The molecule has 0 unspecified atom stereocenters. The fourth-order valence-corrected chi connectivity index (χ4v) is 1.74. The Hall–Kier alpha value is -2.86. The van der Waals surface area contributed by atoms with Crippen LogP contribution in [0.15, 0.2) is 53.5 Å². The first-order valence-electron chi connectivity index (χ1n) is 6.48. The Morgan fingerprint density at radius 2 is 1.43 bits per heavy atom. The van der Waals surface area contributed by atoms with Gasteiger partial charge in [-0.3, -0.25) is 4.79 Å². The maximum atomic E-state index is 12.0. The summed E-state index contributed by atoms with van der Waals surface area (Å²) < 4.78 is 5.22. The summed E-state index contributed by atoms with van der Waals surface area (Å²) in [5.74, 6) is -0.246. The molecule has 0 aliphatic rings. The number of carbonyl (C=O) groups is 2. The highest BCUT2D eigenvalue weighted by molar-refractivity contribution is 5.94. The van der Waals surface area contributed by atoms with Crippen LogP contribution in [0.4, 0.5) is 5.69 Å². The number of nitrogens with zero attached hydrogens (tertiary/aromatic N) is 1. The van der Waals surface area contributed by atoms with E-state index >= 15 is 0 Å². The summed E-state index contributed by atoms with van der Waals surface area (Å²) in [4.78, 5) is 27.0. The number of carbonyl (C=O) groups excluding carboxylic acids is 2. The largest absolute Gasteiger partial charge is 0.423 e. The Morgan fingerprint density at radius 3 is 1.91 bits per heavy atom. The van der Waals surface area contributed by atoms with Crippen LogP contribution >= 0.6 is 12.4 Å². The van der Waals surface area contributed by atoms with Gasteiger partial charge in [0.25, 0.3) is 0 Å². The number of hydrogen-bond acceptors (Lipinski definition) is 4. The molecule has 0 bridgehead atoms. The van der Waals surface area contributed by atoms with Gasteiger partial charge in [-0.25, -0.2) is 9.79 Å². The van der Waals surface area contributed by atoms with Crippen LogP contribution in [0.1, 0.15) is 27.6 Å². The second-order valence-electron chi connectivity index (χ2n) is 4.55. The summed E-state index contributed by atoms with van der Waals surface area (Å²) >= 11 is 0. The molecule has 0 saturated carbocycles. The number of nitrogens with two attached hydrogens (primary N) is 2. The number of benzene rings is 2. The molecular formula is C16H16ClN3O3. The fourth-order valence-electron chi connectivity index (χ4n) is 1.74. The van der Waals surface area contributed by atoms with Crippen molar-refractivity contribution in [3.63, 3.8) is 0 Å². The summed E-state index contributed by atoms with van der Waals surface area (Å²) in [6.45, 7) is 1.47. The molecule has 2 rings (SSSR count). The maximum absolute atomic E-state index is 12.0. The highest BCUT2D eigenvalue weighted by Crippen LogP contribution is 2.17. The number of ether oxygens (including phenoxy) is 1. The number of esters is 1. The van der Waals surface area contributed by atoms with Gasteiger partial charge in [-0.2, -0.15) is 0 Å². The number of halogens is 1. The summed E-state index contributed by atoms with van der Waals surface area (Å²) in [5.41, 5.74) is 12.0. The maximum Gasteiger partial charge on any atom is 0.343 e. The molecule has 2 aromatic carbocycles. The van der Waals surface area contributed by atoms with Crippen molar-refractivity contribution < 1.29 is 14.3 Å². The second kappa shape index (κ2) is 7.95. The van der Waals surface area contributed by atoms with Crippen molar-refractivity contribution >= 4 is 35.8 Å². The number of Topliss-reactive ketones (excluding diaryl/α,β-unsaturated/α-hetero) is 1. The molecule has 0 fully saturated rings. The Kier molecular flexibility index (Phi) is 6.29. The van der Waals surface area contributed by atoms with Crippen molar-refractivity contribution in [1.29, 1.82) is 0 Å². The molecule has 6 nitrogen and oxygen atoms in total. The van der Waals surface area contributed by atoms with Gasteiger partial charge < -0.3 is 16.2 Å². The molecule has 0 radical (unpaired) electrons. The molecule has 0 heterocycles. The van der Waals surface area contributed by atoms with Crippen LogP contribution in [0, 0.1) is 0 Å². The second-order valence-corrected chi connectivity index (χ2v) is 4.55. The minimum absolute atomic E-state index is 0. The van der Waals surface area contributed by atoms with E-state index in [1.54, 1.807) is 48.5 Å². The van der Waals surface area contributed by atoms with Crippen molar-refractivity contribution in [2.45, 2.75) is 6.92 Å². The lowest BCUT2D eigenvalue weighted by Crippen LogP contribution is -2.21. The van der Waals surface area contributed by atoms with Crippen molar-refractivity contribution in [2.75, 3.05) is 0 Å². The van der Waals surface area contributed by atoms with E-state index in [1.807, 2.05) is 0 Å². The van der Waals surface area contributed by atoms with Crippen molar-refractivity contribution in [1.82, 2.24) is 0 Å². The number of aliphatic imine (C=N–C) groups is 1. The third-order valence-electron chi connectivity index (χ3n) is 2.83. The number of ketones is 1. The van der Waals surface area contributed by atoms with Crippen LogP contribution < -0.4 is 16.2 Å². The normalized spacial score (nSPS) is 9.43. The van der Waals surface area contributed by atoms with Gasteiger partial charge in [-0.15, -0.1) is 12.4 Å². The van der Waals surface area contributed by atoms with Gasteiger partial charge in [-0.05, 0) is 55.5 Å². The first kappa shape index (κ1) is 18.2. The predicted molar refractivity (Wildman–Crippen MR) is 90.6 cm³/mol. The van der Waals surface area contributed by atoms with E-state index in [-0.39, 0.29) is 24.1 Å². The Bertz CT molecular complexity index is 721. The zero-order chi connectivity index (χ0) is 16.1. The third-order valence-corrected chi connectivity index (χ3v) is 2.83. The molecule has 120 valence electrons. The standard InChI is InChI=1S/C16H15N3O3.ClH/c1-10(20)11-4-8-14(9-5-11)22-15(21)12-2-6-13(7-3-12)19-16(17)18;/h2-9H,1H3,(H4,17,18,19);1H. The average Bonchev–Trinajstić information content (AvgIpc) is 2.48. The molecule has 0 saturated heterocycles. The van der Waals surface area contributed by atoms with E-state index in [1.165, 1.54) is 6.92 Å². The average molecular weight is 334 g/mol. The van der Waals surface area contributed by atoms with Crippen LogP contribution in [-0.4, -0.2) is 17.7 Å². The third kappa shape index (κ3) is 5.12. The summed E-state index contributed by atoms with van der Waals surface area (Å²) in [5, 5.41) is 0. The lowest BCUT2D eigenvalue weighted by molar-refractivity contribution is 0.0734. The van der Waals surface area contributed by atoms with Gasteiger partial charge in [0, 0.05) is 5.56 Å². The molecule has 2 aromatic rings. The monoisotopic (exact) mass is 333 g/mol. The zero-order valence-electron chi connectivity index (χ0n) is 12.4. The summed E-state index contributed by atoms with van der Waals surface area (Å²) in [7, 11) is 0. The molecule has 23 heavy (non-hydrogen) atoms. The van der Waals surface area contributed by atoms with E-state index in [0.29, 0.717) is 22.6 Å². The van der Waals surface area contributed by atoms with E-state index in [0.717, 1.165) is 0 Å². The molecule has 0 aliphatic carbocycles. The van der Waals surface area contributed by atoms with Crippen LogP contribution in [0.2, 0.25) is 0 Å². The van der Waals surface area contributed by atoms with Gasteiger partial charge in [0.2, 0.25) is 0 Å². The van der Waals surface area contributed by atoms with Crippen molar-refractivity contribution in [3.05, 3.63) is 59.7 Å². The molecule has 0 amide bonds. The molecule has 0 aromatic heterocycles. The van der Waals surface area contributed by atoms with Gasteiger partial charge in [0.05, 0.1) is 11.3 Å². The zero-order valence-corrected chi connectivity index (χ0v) is 13.2. The van der Waals surface area contributed by atoms with Crippen LogP contribution in [-0.2, 0) is 0 Å². The SMILES string of the molecule is CC(=O)c1ccc(OC(=O)c2ccc(N=C(N)N)cc2)cc1.Cl. The molecule has 4 N–H and O–H groups in total. The lowest BCUT2D eigenvalue weighted by atomic mass is 10.1. The number of rotatable bonds is 4. The molecule has 0 atom stereocenters. The molecular weight excluding hydrogens is 318 g/mol. The Morgan fingerprint density at radius 1 is 0.913 bits per heavy atom.